The zero-order valence-corrected chi connectivity index (χ0v) is 23.8. The lowest BCUT2D eigenvalue weighted by Gasteiger charge is -2.30. The van der Waals surface area contributed by atoms with E-state index < -0.39 is 34.7 Å². The number of benzene rings is 3. The third kappa shape index (κ3) is 5.19. The number of nitrogens with one attached hydrogen (secondary N) is 2. The van der Waals surface area contributed by atoms with Crippen molar-refractivity contribution in [2.45, 2.75) is 23.1 Å². The number of amides is 3. The highest BCUT2D eigenvalue weighted by molar-refractivity contribution is 8.00. The fourth-order valence-corrected chi connectivity index (χ4v) is 7.70. The summed E-state index contributed by atoms with van der Waals surface area (Å²) in [6.45, 7) is 1.85. The molecular formula is C30H24FN3O6S2. The van der Waals surface area contributed by atoms with Crippen molar-refractivity contribution in [1.82, 2.24) is 4.98 Å². The number of halogens is 1. The molecule has 214 valence electrons. The van der Waals surface area contributed by atoms with Crippen molar-refractivity contribution in [2.75, 3.05) is 23.4 Å². The number of aromatic amines is 1. The van der Waals surface area contributed by atoms with Gasteiger partial charge in [0.1, 0.15) is 11.1 Å². The van der Waals surface area contributed by atoms with E-state index in [9.17, 15) is 23.6 Å². The number of para-hydroxylation sites is 1. The van der Waals surface area contributed by atoms with Crippen molar-refractivity contribution in [3.8, 4) is 11.5 Å². The molecule has 0 radical (unpaired) electrons. The lowest BCUT2D eigenvalue weighted by Crippen LogP contribution is -2.32. The molecule has 1 aromatic heterocycles. The molecule has 12 heteroatoms. The Balaban J connectivity index is 1.32. The van der Waals surface area contributed by atoms with Gasteiger partial charge in [-0.1, -0.05) is 47.4 Å². The molecule has 42 heavy (non-hydrogen) atoms. The monoisotopic (exact) mass is 605 g/mol. The third-order valence-corrected chi connectivity index (χ3v) is 9.35. The van der Waals surface area contributed by atoms with Gasteiger partial charge in [0.05, 0.1) is 23.2 Å². The number of imide groups is 1. The number of carbonyl (C=O) groups excluding carboxylic acids is 3. The smallest absolute Gasteiger partial charge is 0.305 e. The van der Waals surface area contributed by atoms with Gasteiger partial charge in [-0.15, -0.1) is 0 Å². The van der Waals surface area contributed by atoms with E-state index >= 15 is 0 Å². The summed E-state index contributed by atoms with van der Waals surface area (Å²) in [5.74, 6) is -2.46. The number of carbonyl (C=O) groups is 3. The van der Waals surface area contributed by atoms with Crippen LogP contribution in [0.5, 0.6) is 11.5 Å². The summed E-state index contributed by atoms with van der Waals surface area (Å²) in [4.78, 5) is 56.5. The summed E-state index contributed by atoms with van der Waals surface area (Å²) in [6, 6.07) is 19.3. The van der Waals surface area contributed by atoms with E-state index in [1.54, 1.807) is 30.3 Å². The first-order valence-corrected chi connectivity index (χ1v) is 14.8. The van der Waals surface area contributed by atoms with E-state index in [0.29, 0.717) is 39.3 Å². The molecule has 3 amide bonds. The predicted molar refractivity (Wildman–Crippen MR) is 157 cm³/mol. The maximum atomic E-state index is 13.9. The first-order valence-electron chi connectivity index (χ1n) is 13.1. The summed E-state index contributed by atoms with van der Waals surface area (Å²) in [5.41, 5.74) is 1.57. The molecule has 0 unspecified atom stereocenters. The van der Waals surface area contributed by atoms with Crippen molar-refractivity contribution in [1.29, 1.82) is 0 Å². The fraction of sp³-hybridized carbons (Fsp3) is 0.200. The number of rotatable bonds is 8. The second kappa shape index (κ2) is 11.5. The van der Waals surface area contributed by atoms with Gasteiger partial charge >= 0.3 is 4.87 Å². The fourth-order valence-electron chi connectivity index (χ4n) is 5.19. The standard InChI is InChI=1S/C30H24FN3O6S2/c1-2-39-21-14-16(8-13-20(21)40-15-22(35)32-18-6-4-3-5-7-18)23-24-26(41-27-25(23)42-30(38)33-27)29(37)34(28(24)36)19-11-9-17(31)10-12-19/h3-14,23-24,26H,2,15H2,1H3,(H,32,35)(H,33,38)/t23-,24-,26+/m0/s1. The number of hydrogen-bond donors (Lipinski definition) is 2. The van der Waals surface area contributed by atoms with Gasteiger partial charge in [0.15, 0.2) is 18.1 Å². The van der Waals surface area contributed by atoms with Gasteiger partial charge in [-0.2, -0.15) is 0 Å². The summed E-state index contributed by atoms with van der Waals surface area (Å²) >= 11 is 2.15. The van der Waals surface area contributed by atoms with Crippen molar-refractivity contribution in [3.63, 3.8) is 0 Å². The number of aromatic nitrogens is 1. The van der Waals surface area contributed by atoms with Crippen molar-refractivity contribution >= 4 is 52.2 Å². The molecule has 0 saturated carbocycles. The Kier molecular flexibility index (Phi) is 7.56. The van der Waals surface area contributed by atoms with Crippen LogP contribution in [-0.4, -0.2) is 41.2 Å². The molecule has 9 nitrogen and oxygen atoms in total. The Hall–Kier alpha value is -4.42. The summed E-state index contributed by atoms with van der Waals surface area (Å²) in [5, 5.41) is 2.50. The van der Waals surface area contributed by atoms with Crippen LogP contribution >= 0.6 is 23.1 Å². The highest BCUT2D eigenvalue weighted by Crippen LogP contribution is 2.53. The molecule has 3 atom stereocenters. The van der Waals surface area contributed by atoms with Crippen LogP contribution in [-0.2, 0) is 14.4 Å². The van der Waals surface area contributed by atoms with Gasteiger partial charge in [0, 0.05) is 16.5 Å². The van der Waals surface area contributed by atoms with Crippen molar-refractivity contribution in [3.05, 3.63) is 98.7 Å². The Labute approximate surface area is 247 Å². The van der Waals surface area contributed by atoms with E-state index in [-0.39, 0.29) is 23.1 Å². The summed E-state index contributed by atoms with van der Waals surface area (Å²) in [6.07, 6.45) is 0. The second-order valence-corrected chi connectivity index (χ2v) is 11.7. The first-order chi connectivity index (χ1) is 20.3. The zero-order valence-electron chi connectivity index (χ0n) is 22.2. The molecular weight excluding hydrogens is 581 g/mol. The van der Waals surface area contributed by atoms with E-state index in [2.05, 4.69) is 10.3 Å². The van der Waals surface area contributed by atoms with Crippen molar-refractivity contribution < 1.29 is 28.2 Å². The highest BCUT2D eigenvalue weighted by atomic mass is 32.2. The number of ether oxygens (including phenoxy) is 2. The number of fused-ring (bicyclic) bond motifs is 2. The largest absolute Gasteiger partial charge is 0.490 e. The molecule has 0 spiro atoms. The number of hydrogen-bond acceptors (Lipinski definition) is 8. The zero-order chi connectivity index (χ0) is 29.4. The Morgan fingerprint density at radius 1 is 0.976 bits per heavy atom. The molecule has 2 N–H and O–H groups in total. The van der Waals surface area contributed by atoms with Crippen LogP contribution in [0.25, 0.3) is 0 Å². The van der Waals surface area contributed by atoms with Gasteiger partial charge in [-0.25, -0.2) is 9.29 Å². The summed E-state index contributed by atoms with van der Waals surface area (Å²) < 4.78 is 25.2. The SMILES string of the molecule is CCOc1cc([C@@H]2c3sc(=O)[nH]c3S[C@H]3C(=O)N(c4ccc(F)cc4)C(=O)[C@@H]23)ccc1OCC(=O)Nc1ccccc1. The molecule has 2 aliphatic rings. The Morgan fingerprint density at radius 3 is 2.48 bits per heavy atom. The number of thiazole rings is 1. The van der Waals surface area contributed by atoms with Gasteiger partial charge in [-0.3, -0.25) is 19.2 Å². The molecule has 1 fully saturated rings. The van der Waals surface area contributed by atoms with E-state index in [0.717, 1.165) is 28.0 Å². The van der Waals surface area contributed by atoms with Crippen LogP contribution in [0.2, 0.25) is 0 Å². The van der Waals surface area contributed by atoms with E-state index in [1.165, 1.54) is 24.3 Å². The predicted octanol–water partition coefficient (Wildman–Crippen LogP) is 4.79. The minimum absolute atomic E-state index is 0.262. The maximum absolute atomic E-state index is 13.9. The van der Waals surface area contributed by atoms with Gasteiger partial charge < -0.3 is 19.8 Å². The highest BCUT2D eigenvalue weighted by Gasteiger charge is 2.56. The number of anilines is 2. The van der Waals surface area contributed by atoms with Crippen LogP contribution in [0, 0.1) is 11.7 Å². The first kappa shape index (κ1) is 27.7. The lowest BCUT2D eigenvalue weighted by atomic mass is 9.83. The third-order valence-electron chi connectivity index (χ3n) is 6.95. The lowest BCUT2D eigenvalue weighted by molar-refractivity contribution is -0.122. The van der Waals surface area contributed by atoms with E-state index in [4.69, 9.17) is 9.47 Å². The van der Waals surface area contributed by atoms with Crippen LogP contribution in [0.15, 0.2) is 82.6 Å². The Morgan fingerprint density at radius 2 is 1.74 bits per heavy atom. The molecule has 2 aliphatic heterocycles. The van der Waals surface area contributed by atoms with Crippen LogP contribution in [0.4, 0.5) is 15.8 Å². The summed E-state index contributed by atoms with van der Waals surface area (Å²) in [7, 11) is 0. The topological polar surface area (TPSA) is 118 Å². The van der Waals surface area contributed by atoms with Gasteiger partial charge in [-0.05, 0) is 61.0 Å². The van der Waals surface area contributed by atoms with Crippen LogP contribution in [0.3, 0.4) is 0 Å². The molecule has 3 aromatic carbocycles. The average Bonchev–Trinajstić information content (AvgIpc) is 3.47. The number of nitrogens with zero attached hydrogens (tertiary/aromatic N) is 1. The normalized spacial score (nSPS) is 19.3. The van der Waals surface area contributed by atoms with Crippen LogP contribution < -0.4 is 24.6 Å². The minimum atomic E-state index is -0.815. The number of H-pyrrole nitrogens is 1. The second-order valence-electron chi connectivity index (χ2n) is 9.58. The quantitative estimate of drug-likeness (QED) is 0.278. The molecule has 0 aliphatic carbocycles. The number of thioether (sulfide) groups is 1. The minimum Gasteiger partial charge on any atom is -0.490 e. The van der Waals surface area contributed by atoms with Crippen LogP contribution in [0.1, 0.15) is 23.3 Å². The molecule has 0 bridgehead atoms. The average molecular weight is 606 g/mol. The van der Waals surface area contributed by atoms with Gasteiger partial charge in [0.25, 0.3) is 5.91 Å². The van der Waals surface area contributed by atoms with Gasteiger partial charge in [0.2, 0.25) is 11.8 Å². The molecule has 6 rings (SSSR count). The van der Waals surface area contributed by atoms with Crippen molar-refractivity contribution in [2.24, 2.45) is 5.92 Å². The maximum Gasteiger partial charge on any atom is 0.305 e. The Bertz CT molecular complexity index is 1720. The van der Waals surface area contributed by atoms with E-state index in [1.807, 2.05) is 25.1 Å². The molecule has 3 heterocycles. The molecule has 1 saturated heterocycles. The molecule has 4 aromatic rings.